The van der Waals surface area contributed by atoms with Gasteiger partial charge in [-0.25, -0.2) is 0 Å². The molecule has 3 rings (SSSR count). The van der Waals surface area contributed by atoms with Gasteiger partial charge in [-0.3, -0.25) is 14.5 Å². The Morgan fingerprint density at radius 1 is 0.926 bits per heavy atom. The number of amides is 2. The molecule has 2 aromatic carbocycles. The monoisotopic (exact) mass is 365 g/mol. The van der Waals surface area contributed by atoms with Crippen molar-refractivity contribution in [2.75, 3.05) is 31.5 Å². The minimum absolute atomic E-state index is 0.450. The van der Waals surface area contributed by atoms with Crippen LogP contribution in [0.3, 0.4) is 0 Å². The van der Waals surface area contributed by atoms with Crippen molar-refractivity contribution < 1.29 is 9.59 Å². The van der Waals surface area contributed by atoms with E-state index in [1.807, 2.05) is 51.1 Å². The highest BCUT2D eigenvalue weighted by molar-refractivity contribution is 6.39. The zero-order valence-electron chi connectivity index (χ0n) is 16.3. The van der Waals surface area contributed by atoms with Gasteiger partial charge in [-0.2, -0.15) is 0 Å². The molecule has 0 unspecified atom stereocenters. The molecule has 0 saturated carbocycles. The zero-order chi connectivity index (χ0) is 19.4. The van der Waals surface area contributed by atoms with E-state index < -0.39 is 11.8 Å². The smallest absolute Gasteiger partial charge is 0.313 e. The maximum absolute atomic E-state index is 12.6. The largest absolute Gasteiger partial charge is 0.332 e. The van der Waals surface area contributed by atoms with Crippen LogP contribution in [0.2, 0.25) is 0 Å². The number of carbonyl (C=O) groups excluding carboxylic acids is 2. The first-order valence-corrected chi connectivity index (χ1v) is 9.38. The molecule has 1 aliphatic rings. The molecule has 0 aliphatic carbocycles. The van der Waals surface area contributed by atoms with E-state index in [2.05, 4.69) is 22.3 Å². The second-order valence-electron chi connectivity index (χ2n) is 7.28. The first-order valence-electron chi connectivity index (χ1n) is 9.38. The Hall–Kier alpha value is -2.66. The number of nitrogens with one attached hydrogen (secondary N) is 1. The van der Waals surface area contributed by atoms with Crippen LogP contribution in [-0.4, -0.2) is 47.8 Å². The molecule has 0 aromatic heterocycles. The fourth-order valence-corrected chi connectivity index (χ4v) is 3.64. The van der Waals surface area contributed by atoms with Crippen molar-refractivity contribution in [2.24, 2.45) is 0 Å². The standard InChI is InChI=1S/C22H27N3O2/c1-16-13-17(2)20(18(3)14-16)23-21(26)22(27)25-11-9-24(10-12-25)15-19-7-5-4-6-8-19/h4-8,13-14H,9-12,15H2,1-3H3,(H,23,26). The van der Waals surface area contributed by atoms with E-state index >= 15 is 0 Å². The molecule has 27 heavy (non-hydrogen) atoms. The number of benzene rings is 2. The summed E-state index contributed by atoms with van der Waals surface area (Å²) < 4.78 is 0. The number of carbonyl (C=O) groups is 2. The fourth-order valence-electron chi connectivity index (χ4n) is 3.64. The molecule has 1 fully saturated rings. The van der Waals surface area contributed by atoms with Crippen LogP contribution in [0.15, 0.2) is 42.5 Å². The third kappa shape index (κ3) is 4.74. The maximum Gasteiger partial charge on any atom is 0.313 e. The molecule has 1 aliphatic heterocycles. The lowest BCUT2D eigenvalue weighted by molar-refractivity contribution is -0.144. The second kappa shape index (κ2) is 8.35. The fraction of sp³-hybridized carbons (Fsp3) is 0.364. The van der Waals surface area contributed by atoms with Crippen LogP contribution < -0.4 is 5.32 Å². The number of rotatable bonds is 3. The molecule has 5 heteroatoms. The van der Waals surface area contributed by atoms with Gasteiger partial charge in [0.05, 0.1) is 0 Å². The van der Waals surface area contributed by atoms with E-state index in [1.54, 1.807) is 4.90 Å². The summed E-state index contributed by atoms with van der Waals surface area (Å²) in [6.45, 7) is 9.48. The van der Waals surface area contributed by atoms with E-state index in [4.69, 9.17) is 0 Å². The molecule has 0 radical (unpaired) electrons. The molecule has 142 valence electrons. The Morgan fingerprint density at radius 2 is 1.52 bits per heavy atom. The minimum Gasteiger partial charge on any atom is -0.332 e. The average molecular weight is 365 g/mol. The first-order chi connectivity index (χ1) is 12.9. The number of anilines is 1. The van der Waals surface area contributed by atoms with Gasteiger partial charge in [0.15, 0.2) is 0 Å². The Labute approximate surface area is 161 Å². The van der Waals surface area contributed by atoms with Gasteiger partial charge < -0.3 is 10.2 Å². The van der Waals surface area contributed by atoms with Crippen molar-refractivity contribution in [1.29, 1.82) is 0 Å². The van der Waals surface area contributed by atoms with Crippen LogP contribution in [-0.2, 0) is 16.1 Å². The van der Waals surface area contributed by atoms with Crippen LogP contribution >= 0.6 is 0 Å². The summed E-state index contributed by atoms with van der Waals surface area (Å²) in [7, 11) is 0. The van der Waals surface area contributed by atoms with Crippen LogP contribution in [0, 0.1) is 20.8 Å². The quantitative estimate of drug-likeness (QED) is 0.851. The third-order valence-corrected chi connectivity index (χ3v) is 5.02. The highest BCUT2D eigenvalue weighted by Crippen LogP contribution is 2.22. The van der Waals surface area contributed by atoms with Crippen molar-refractivity contribution >= 4 is 17.5 Å². The topological polar surface area (TPSA) is 52.7 Å². The lowest BCUT2D eigenvalue weighted by atomic mass is 10.1. The van der Waals surface area contributed by atoms with Gasteiger partial charge in [0.2, 0.25) is 0 Å². The zero-order valence-corrected chi connectivity index (χ0v) is 16.3. The Bertz CT molecular complexity index is 802. The highest BCUT2D eigenvalue weighted by Gasteiger charge is 2.26. The average Bonchev–Trinajstić information content (AvgIpc) is 2.65. The lowest BCUT2D eigenvalue weighted by Gasteiger charge is -2.34. The summed E-state index contributed by atoms with van der Waals surface area (Å²) in [4.78, 5) is 29.0. The summed E-state index contributed by atoms with van der Waals surface area (Å²) >= 11 is 0. The number of piperazine rings is 1. The predicted molar refractivity (Wildman–Crippen MR) is 108 cm³/mol. The molecule has 2 aromatic rings. The summed E-state index contributed by atoms with van der Waals surface area (Å²) in [5.74, 6) is -1.00. The number of nitrogens with zero attached hydrogens (tertiary/aromatic N) is 2. The van der Waals surface area contributed by atoms with Gasteiger partial charge >= 0.3 is 11.8 Å². The molecule has 1 saturated heterocycles. The number of hydrogen-bond donors (Lipinski definition) is 1. The van der Waals surface area contributed by atoms with E-state index in [0.29, 0.717) is 13.1 Å². The molecule has 5 nitrogen and oxygen atoms in total. The molecule has 2 amide bonds. The lowest BCUT2D eigenvalue weighted by Crippen LogP contribution is -2.51. The maximum atomic E-state index is 12.6. The molecule has 0 bridgehead atoms. The van der Waals surface area contributed by atoms with Crippen LogP contribution in [0.1, 0.15) is 22.3 Å². The minimum atomic E-state index is -0.554. The van der Waals surface area contributed by atoms with E-state index in [1.165, 1.54) is 5.56 Å². The van der Waals surface area contributed by atoms with Crippen LogP contribution in [0.5, 0.6) is 0 Å². The summed E-state index contributed by atoms with van der Waals surface area (Å²) in [6, 6.07) is 14.3. The number of hydrogen-bond acceptors (Lipinski definition) is 3. The molecular formula is C22H27N3O2. The van der Waals surface area contributed by atoms with Gasteiger partial charge in [-0.15, -0.1) is 0 Å². The van der Waals surface area contributed by atoms with Crippen molar-refractivity contribution in [3.8, 4) is 0 Å². The molecule has 1 N–H and O–H groups in total. The Balaban J connectivity index is 1.55. The van der Waals surface area contributed by atoms with Crippen molar-refractivity contribution in [1.82, 2.24) is 9.80 Å². The molecular weight excluding hydrogens is 338 g/mol. The number of aryl methyl sites for hydroxylation is 3. The van der Waals surface area contributed by atoms with Crippen LogP contribution in [0.25, 0.3) is 0 Å². The van der Waals surface area contributed by atoms with E-state index in [9.17, 15) is 9.59 Å². The van der Waals surface area contributed by atoms with Crippen molar-refractivity contribution in [3.63, 3.8) is 0 Å². The van der Waals surface area contributed by atoms with Gasteiger partial charge in [0.1, 0.15) is 0 Å². The Morgan fingerprint density at radius 3 is 2.11 bits per heavy atom. The Kier molecular flexibility index (Phi) is 5.91. The summed E-state index contributed by atoms with van der Waals surface area (Å²) in [6.07, 6.45) is 0. The van der Waals surface area contributed by atoms with Gasteiger partial charge in [-0.1, -0.05) is 48.0 Å². The summed E-state index contributed by atoms with van der Waals surface area (Å²) in [5, 5.41) is 2.81. The second-order valence-corrected chi connectivity index (χ2v) is 7.28. The molecule has 0 atom stereocenters. The highest BCUT2D eigenvalue weighted by atomic mass is 16.2. The molecule has 1 heterocycles. The van der Waals surface area contributed by atoms with Crippen molar-refractivity contribution in [3.05, 3.63) is 64.7 Å². The van der Waals surface area contributed by atoms with Crippen molar-refractivity contribution in [2.45, 2.75) is 27.3 Å². The van der Waals surface area contributed by atoms with Gasteiger partial charge in [0.25, 0.3) is 0 Å². The predicted octanol–water partition coefficient (Wildman–Crippen LogP) is 2.89. The third-order valence-electron chi connectivity index (χ3n) is 5.02. The molecule has 0 spiro atoms. The van der Waals surface area contributed by atoms with E-state index in [-0.39, 0.29) is 0 Å². The van der Waals surface area contributed by atoms with E-state index in [0.717, 1.165) is 42.0 Å². The normalized spacial score (nSPS) is 14.9. The van der Waals surface area contributed by atoms with Crippen LogP contribution in [0.4, 0.5) is 5.69 Å². The summed E-state index contributed by atoms with van der Waals surface area (Å²) in [5.41, 5.74) is 5.09. The van der Waals surface area contributed by atoms with Gasteiger partial charge in [-0.05, 0) is 37.5 Å². The first kappa shape index (κ1) is 19.1. The SMILES string of the molecule is Cc1cc(C)c(NC(=O)C(=O)N2CCN(Cc3ccccc3)CC2)c(C)c1. The van der Waals surface area contributed by atoms with Gasteiger partial charge in [0, 0.05) is 38.4 Å².